The molecule has 0 N–H and O–H groups in total. The molecule has 0 amide bonds. The second-order valence-corrected chi connectivity index (χ2v) is 4.79. The van der Waals surface area contributed by atoms with E-state index in [4.69, 9.17) is 0 Å². The highest BCUT2D eigenvalue weighted by Crippen LogP contribution is 2.26. The predicted octanol–water partition coefficient (Wildman–Crippen LogP) is 3.77. The highest BCUT2D eigenvalue weighted by atomic mass is 79.9. The zero-order valence-electron chi connectivity index (χ0n) is 10.2. The molecule has 0 aliphatic heterocycles. The van der Waals surface area contributed by atoms with E-state index in [1.54, 1.807) is 18.2 Å². The second kappa shape index (κ2) is 5.68. The molecule has 0 spiro atoms. The van der Waals surface area contributed by atoms with Gasteiger partial charge in [0.2, 0.25) is 0 Å². The Bertz CT molecular complexity index is 657. The number of ether oxygens (including phenoxy) is 1. The van der Waals surface area contributed by atoms with Gasteiger partial charge in [0.25, 0.3) is 0 Å². The number of nitrogens with zero attached hydrogens (tertiary/aromatic N) is 1. The monoisotopic (exact) mass is 315 g/mol. The van der Waals surface area contributed by atoms with E-state index in [0.29, 0.717) is 11.1 Å². The number of carbonyl (C=O) groups is 1. The zero-order valence-corrected chi connectivity index (χ0v) is 11.8. The van der Waals surface area contributed by atoms with Crippen molar-refractivity contribution in [2.45, 2.75) is 0 Å². The molecular weight excluding hydrogens is 306 g/mol. The summed E-state index contributed by atoms with van der Waals surface area (Å²) in [5, 5.41) is 9.20. The van der Waals surface area contributed by atoms with Gasteiger partial charge in [0.1, 0.15) is 0 Å². The van der Waals surface area contributed by atoms with Crippen molar-refractivity contribution in [2.75, 3.05) is 7.11 Å². The molecule has 0 bridgehead atoms. The molecule has 0 aromatic heterocycles. The van der Waals surface area contributed by atoms with Crippen LogP contribution in [0.2, 0.25) is 0 Å². The maximum atomic E-state index is 11.4. The summed E-state index contributed by atoms with van der Waals surface area (Å²) in [4.78, 5) is 11.4. The van der Waals surface area contributed by atoms with Gasteiger partial charge in [-0.2, -0.15) is 5.26 Å². The molecule has 19 heavy (non-hydrogen) atoms. The van der Waals surface area contributed by atoms with Gasteiger partial charge < -0.3 is 4.74 Å². The first-order valence-electron chi connectivity index (χ1n) is 5.54. The molecule has 94 valence electrons. The average molecular weight is 316 g/mol. The summed E-state index contributed by atoms with van der Waals surface area (Å²) in [7, 11) is 1.32. The van der Waals surface area contributed by atoms with Gasteiger partial charge in [0.05, 0.1) is 24.3 Å². The van der Waals surface area contributed by atoms with Gasteiger partial charge in [0, 0.05) is 4.47 Å². The van der Waals surface area contributed by atoms with Crippen LogP contribution in [0.4, 0.5) is 0 Å². The molecule has 2 aromatic carbocycles. The van der Waals surface area contributed by atoms with E-state index in [1.165, 1.54) is 7.11 Å². The van der Waals surface area contributed by atoms with Crippen LogP contribution in [0, 0.1) is 11.3 Å². The third kappa shape index (κ3) is 2.83. The molecular formula is C15H10BrNO2. The Morgan fingerprint density at radius 1 is 1.21 bits per heavy atom. The third-order valence-electron chi connectivity index (χ3n) is 2.72. The molecule has 4 heteroatoms. The van der Waals surface area contributed by atoms with Gasteiger partial charge in [-0.15, -0.1) is 0 Å². The van der Waals surface area contributed by atoms with Crippen LogP contribution < -0.4 is 0 Å². The Balaban J connectivity index is 2.50. The first kappa shape index (κ1) is 13.3. The number of carbonyl (C=O) groups excluding carboxylic acids is 1. The number of esters is 1. The SMILES string of the molecule is COC(=O)c1ccc(-c2ccc(Br)cc2)c(C#N)c1. The van der Waals surface area contributed by atoms with E-state index in [9.17, 15) is 10.1 Å². The minimum Gasteiger partial charge on any atom is -0.465 e. The Kier molecular flexibility index (Phi) is 3.98. The molecule has 0 aliphatic rings. The van der Waals surface area contributed by atoms with Gasteiger partial charge in [-0.1, -0.05) is 34.1 Å². The van der Waals surface area contributed by atoms with Crippen molar-refractivity contribution >= 4 is 21.9 Å². The lowest BCUT2D eigenvalue weighted by atomic mass is 9.98. The summed E-state index contributed by atoms with van der Waals surface area (Å²) < 4.78 is 5.62. The van der Waals surface area contributed by atoms with Crippen LogP contribution >= 0.6 is 15.9 Å². The molecule has 0 heterocycles. The summed E-state index contributed by atoms with van der Waals surface area (Å²) in [5.41, 5.74) is 2.55. The number of methoxy groups -OCH3 is 1. The van der Waals surface area contributed by atoms with Crippen molar-refractivity contribution in [3.05, 3.63) is 58.1 Å². The van der Waals surface area contributed by atoms with E-state index in [0.717, 1.165) is 15.6 Å². The van der Waals surface area contributed by atoms with E-state index in [-0.39, 0.29) is 0 Å². The van der Waals surface area contributed by atoms with E-state index < -0.39 is 5.97 Å². The normalized spacial score (nSPS) is 9.74. The highest BCUT2D eigenvalue weighted by molar-refractivity contribution is 9.10. The number of nitriles is 1. The summed E-state index contributed by atoms with van der Waals surface area (Å²) in [6.07, 6.45) is 0. The largest absolute Gasteiger partial charge is 0.465 e. The molecule has 2 rings (SSSR count). The van der Waals surface area contributed by atoms with Gasteiger partial charge >= 0.3 is 5.97 Å². The van der Waals surface area contributed by atoms with Crippen LogP contribution in [-0.2, 0) is 4.74 Å². The van der Waals surface area contributed by atoms with Crippen LogP contribution in [0.3, 0.4) is 0 Å². The lowest BCUT2D eigenvalue weighted by Gasteiger charge is -2.06. The number of benzene rings is 2. The van der Waals surface area contributed by atoms with Crippen LogP contribution in [-0.4, -0.2) is 13.1 Å². The zero-order chi connectivity index (χ0) is 13.8. The van der Waals surface area contributed by atoms with Crippen molar-refractivity contribution < 1.29 is 9.53 Å². The van der Waals surface area contributed by atoms with Crippen molar-refractivity contribution in [3.8, 4) is 17.2 Å². The topological polar surface area (TPSA) is 50.1 Å². The second-order valence-electron chi connectivity index (χ2n) is 3.87. The van der Waals surface area contributed by atoms with Gasteiger partial charge in [-0.3, -0.25) is 0 Å². The van der Waals surface area contributed by atoms with Crippen molar-refractivity contribution in [1.82, 2.24) is 0 Å². The van der Waals surface area contributed by atoms with Gasteiger partial charge in [-0.05, 0) is 35.4 Å². The van der Waals surface area contributed by atoms with Gasteiger partial charge in [0.15, 0.2) is 0 Å². The molecule has 0 fully saturated rings. The molecule has 2 aromatic rings. The molecule has 3 nitrogen and oxygen atoms in total. The summed E-state index contributed by atoms with van der Waals surface area (Å²) in [6.45, 7) is 0. The Morgan fingerprint density at radius 3 is 2.47 bits per heavy atom. The number of hydrogen-bond donors (Lipinski definition) is 0. The maximum Gasteiger partial charge on any atom is 0.337 e. The minimum atomic E-state index is -0.446. The molecule has 0 radical (unpaired) electrons. The average Bonchev–Trinajstić information content (AvgIpc) is 2.46. The lowest BCUT2D eigenvalue weighted by Crippen LogP contribution is -2.01. The summed E-state index contributed by atoms with van der Waals surface area (Å²) in [5.74, 6) is -0.446. The molecule has 0 unspecified atom stereocenters. The molecule has 0 aliphatic carbocycles. The first-order chi connectivity index (χ1) is 9.15. The Morgan fingerprint density at radius 2 is 1.89 bits per heavy atom. The van der Waals surface area contributed by atoms with E-state index >= 15 is 0 Å². The van der Waals surface area contributed by atoms with Crippen molar-refractivity contribution in [2.24, 2.45) is 0 Å². The van der Waals surface area contributed by atoms with Crippen LogP contribution in [0.5, 0.6) is 0 Å². The fraction of sp³-hybridized carbons (Fsp3) is 0.0667. The van der Waals surface area contributed by atoms with Crippen molar-refractivity contribution in [1.29, 1.82) is 5.26 Å². The van der Waals surface area contributed by atoms with Gasteiger partial charge in [-0.25, -0.2) is 4.79 Å². The standard InChI is InChI=1S/C15H10BrNO2/c1-19-15(18)11-4-7-14(12(8-11)9-17)10-2-5-13(16)6-3-10/h2-8H,1H3. The summed E-state index contributed by atoms with van der Waals surface area (Å²) in [6, 6.07) is 14.7. The smallest absolute Gasteiger partial charge is 0.337 e. The maximum absolute atomic E-state index is 11.4. The lowest BCUT2D eigenvalue weighted by molar-refractivity contribution is 0.0600. The van der Waals surface area contributed by atoms with E-state index in [1.807, 2.05) is 24.3 Å². The Hall–Kier alpha value is -2.12. The number of halogens is 1. The fourth-order valence-corrected chi connectivity index (χ4v) is 2.03. The van der Waals surface area contributed by atoms with Crippen LogP contribution in [0.1, 0.15) is 15.9 Å². The third-order valence-corrected chi connectivity index (χ3v) is 3.25. The molecule has 0 atom stereocenters. The highest BCUT2D eigenvalue weighted by Gasteiger charge is 2.10. The quantitative estimate of drug-likeness (QED) is 0.792. The van der Waals surface area contributed by atoms with Crippen LogP contribution in [0.15, 0.2) is 46.9 Å². The van der Waals surface area contributed by atoms with Crippen LogP contribution in [0.25, 0.3) is 11.1 Å². The Labute approximate surface area is 119 Å². The minimum absolute atomic E-state index is 0.375. The molecule has 0 saturated heterocycles. The van der Waals surface area contributed by atoms with Crippen molar-refractivity contribution in [3.63, 3.8) is 0 Å². The predicted molar refractivity (Wildman–Crippen MR) is 75.6 cm³/mol. The fourth-order valence-electron chi connectivity index (χ4n) is 1.76. The number of rotatable bonds is 2. The molecule has 0 saturated carbocycles. The first-order valence-corrected chi connectivity index (χ1v) is 6.33. The summed E-state index contributed by atoms with van der Waals surface area (Å²) >= 11 is 3.37. The number of hydrogen-bond acceptors (Lipinski definition) is 3. The van der Waals surface area contributed by atoms with E-state index in [2.05, 4.69) is 26.7 Å².